The van der Waals surface area contributed by atoms with Gasteiger partial charge in [0.15, 0.2) is 0 Å². The SMILES string of the molecule is CN1CC[C@]23C[C@H](C(=O)NCc4ccccc4)C[C@@]2(O)[C@H]1Cc1ccc(O)cc13. The Kier molecular flexibility index (Phi) is 4.23. The molecule has 152 valence electrons. The van der Waals surface area contributed by atoms with Crippen molar-refractivity contribution in [1.29, 1.82) is 0 Å². The van der Waals surface area contributed by atoms with Crippen LogP contribution in [0.2, 0.25) is 0 Å². The molecule has 2 aromatic carbocycles. The van der Waals surface area contributed by atoms with Crippen molar-refractivity contribution in [2.24, 2.45) is 5.92 Å². The number of fused-ring (bicyclic) bond motifs is 1. The van der Waals surface area contributed by atoms with E-state index in [1.807, 2.05) is 42.5 Å². The molecule has 2 fully saturated rings. The van der Waals surface area contributed by atoms with Gasteiger partial charge in [0.05, 0.1) is 5.60 Å². The largest absolute Gasteiger partial charge is 0.508 e. The summed E-state index contributed by atoms with van der Waals surface area (Å²) in [5.41, 5.74) is 1.89. The predicted octanol–water partition coefficient (Wildman–Crippen LogP) is 2.35. The Morgan fingerprint density at radius 2 is 2.00 bits per heavy atom. The van der Waals surface area contributed by atoms with Crippen molar-refractivity contribution in [3.63, 3.8) is 0 Å². The van der Waals surface area contributed by atoms with Gasteiger partial charge < -0.3 is 20.4 Å². The highest BCUT2D eigenvalue weighted by molar-refractivity contribution is 5.80. The molecule has 0 unspecified atom stereocenters. The third-order valence-corrected chi connectivity index (χ3v) is 7.66. The van der Waals surface area contributed by atoms with Crippen LogP contribution in [0.1, 0.15) is 36.0 Å². The summed E-state index contributed by atoms with van der Waals surface area (Å²) in [5, 5.41) is 25.2. The smallest absolute Gasteiger partial charge is 0.223 e. The van der Waals surface area contributed by atoms with Crippen LogP contribution in [-0.4, -0.2) is 46.3 Å². The summed E-state index contributed by atoms with van der Waals surface area (Å²) >= 11 is 0. The maximum absolute atomic E-state index is 13.1. The number of aliphatic hydroxyl groups is 1. The molecule has 2 bridgehead atoms. The van der Waals surface area contributed by atoms with Crippen LogP contribution in [0, 0.1) is 5.92 Å². The second kappa shape index (κ2) is 6.57. The Labute approximate surface area is 171 Å². The van der Waals surface area contributed by atoms with Crippen LogP contribution in [0.3, 0.4) is 0 Å². The summed E-state index contributed by atoms with van der Waals surface area (Å²) in [4.78, 5) is 15.3. The molecule has 2 aromatic rings. The molecule has 2 aliphatic carbocycles. The fourth-order valence-electron chi connectivity index (χ4n) is 6.22. The number of nitrogens with zero attached hydrogens (tertiary/aromatic N) is 1. The Morgan fingerprint density at radius 1 is 1.21 bits per heavy atom. The van der Waals surface area contributed by atoms with Gasteiger partial charge in [-0.15, -0.1) is 0 Å². The van der Waals surface area contributed by atoms with Crippen molar-refractivity contribution in [3.05, 3.63) is 65.2 Å². The minimum atomic E-state index is -0.949. The zero-order valence-electron chi connectivity index (χ0n) is 16.8. The molecule has 0 spiro atoms. The van der Waals surface area contributed by atoms with E-state index < -0.39 is 11.0 Å². The number of hydrogen-bond acceptors (Lipinski definition) is 4. The molecule has 3 N–H and O–H groups in total. The Balaban J connectivity index is 1.46. The molecule has 1 saturated carbocycles. The number of benzene rings is 2. The van der Waals surface area contributed by atoms with Gasteiger partial charge in [-0.25, -0.2) is 0 Å². The first kappa shape index (κ1) is 18.6. The number of aromatic hydroxyl groups is 1. The van der Waals surface area contributed by atoms with Gasteiger partial charge in [-0.3, -0.25) is 4.79 Å². The lowest BCUT2D eigenvalue weighted by atomic mass is 9.56. The summed E-state index contributed by atoms with van der Waals surface area (Å²) in [6, 6.07) is 15.4. The van der Waals surface area contributed by atoms with Crippen LogP contribution >= 0.6 is 0 Å². The molecule has 1 heterocycles. The van der Waals surface area contributed by atoms with Gasteiger partial charge in [-0.1, -0.05) is 36.4 Å². The van der Waals surface area contributed by atoms with Gasteiger partial charge in [0.25, 0.3) is 0 Å². The first-order valence-corrected chi connectivity index (χ1v) is 10.5. The number of likely N-dealkylation sites (N-methyl/N-ethyl adjacent to an activating group) is 1. The monoisotopic (exact) mass is 392 g/mol. The van der Waals surface area contributed by atoms with Crippen molar-refractivity contribution in [2.75, 3.05) is 13.6 Å². The van der Waals surface area contributed by atoms with E-state index in [0.29, 0.717) is 19.4 Å². The lowest BCUT2D eigenvalue weighted by molar-refractivity contribution is -0.129. The maximum atomic E-state index is 13.1. The molecule has 5 nitrogen and oxygen atoms in total. The van der Waals surface area contributed by atoms with E-state index in [-0.39, 0.29) is 23.6 Å². The number of piperidine rings is 1. The van der Waals surface area contributed by atoms with Crippen molar-refractivity contribution < 1.29 is 15.0 Å². The number of phenolic OH excluding ortho intramolecular Hbond substituents is 1. The molecule has 0 radical (unpaired) electrons. The second-order valence-electron chi connectivity index (χ2n) is 9.11. The molecule has 3 aliphatic rings. The molecular formula is C24H28N2O3. The molecule has 1 aliphatic heterocycles. The van der Waals surface area contributed by atoms with Crippen LogP contribution < -0.4 is 5.32 Å². The number of nitrogens with one attached hydrogen (secondary N) is 1. The fourth-order valence-corrected chi connectivity index (χ4v) is 6.22. The standard InChI is InChI=1S/C24H28N2O3/c1-26-10-9-23-13-18(22(28)25-15-16-5-3-2-4-6-16)14-24(23,29)21(26)11-17-7-8-19(27)12-20(17)23/h2-8,12,18,21,27,29H,9-11,13-15H2,1H3,(H,25,28)/t18-,21+,23+,24+/m0/s1. The van der Waals surface area contributed by atoms with Crippen molar-refractivity contribution in [1.82, 2.24) is 10.2 Å². The van der Waals surface area contributed by atoms with E-state index >= 15 is 0 Å². The second-order valence-corrected chi connectivity index (χ2v) is 9.11. The number of phenols is 1. The van der Waals surface area contributed by atoms with E-state index in [4.69, 9.17) is 0 Å². The highest BCUT2D eigenvalue weighted by Gasteiger charge is 2.67. The lowest BCUT2D eigenvalue weighted by Crippen LogP contribution is -2.68. The lowest BCUT2D eigenvalue weighted by Gasteiger charge is -2.58. The average molecular weight is 392 g/mol. The first-order chi connectivity index (χ1) is 13.9. The average Bonchev–Trinajstić information content (AvgIpc) is 3.06. The molecule has 1 amide bonds. The third-order valence-electron chi connectivity index (χ3n) is 7.66. The van der Waals surface area contributed by atoms with Crippen molar-refractivity contribution >= 4 is 5.91 Å². The summed E-state index contributed by atoms with van der Waals surface area (Å²) in [5.74, 6) is 0.0157. The van der Waals surface area contributed by atoms with E-state index in [1.165, 1.54) is 5.56 Å². The van der Waals surface area contributed by atoms with E-state index in [0.717, 1.165) is 30.5 Å². The maximum Gasteiger partial charge on any atom is 0.223 e. The minimum Gasteiger partial charge on any atom is -0.508 e. The summed E-state index contributed by atoms with van der Waals surface area (Å²) in [6.07, 6.45) is 2.65. The molecular weight excluding hydrogens is 364 g/mol. The van der Waals surface area contributed by atoms with E-state index in [9.17, 15) is 15.0 Å². The summed E-state index contributed by atoms with van der Waals surface area (Å²) in [7, 11) is 2.07. The van der Waals surface area contributed by atoms with Crippen molar-refractivity contribution in [3.8, 4) is 5.75 Å². The molecule has 5 heteroatoms. The van der Waals surface area contributed by atoms with Gasteiger partial charge in [-0.05, 0) is 68.1 Å². The number of carbonyl (C=O) groups is 1. The molecule has 1 saturated heterocycles. The number of rotatable bonds is 3. The van der Waals surface area contributed by atoms with Crippen LogP contribution in [0.15, 0.2) is 48.5 Å². The van der Waals surface area contributed by atoms with E-state index in [2.05, 4.69) is 17.3 Å². The quantitative estimate of drug-likeness (QED) is 0.750. The Morgan fingerprint density at radius 3 is 2.79 bits per heavy atom. The number of hydrogen-bond donors (Lipinski definition) is 3. The normalized spacial score (nSPS) is 33.0. The number of likely N-dealkylation sites (tertiary alicyclic amines) is 1. The minimum absolute atomic E-state index is 0.000200. The fraction of sp³-hybridized carbons (Fsp3) is 0.458. The van der Waals surface area contributed by atoms with Crippen LogP contribution in [0.5, 0.6) is 5.75 Å². The number of amides is 1. The van der Waals surface area contributed by atoms with E-state index in [1.54, 1.807) is 6.07 Å². The highest BCUT2D eigenvalue weighted by Crippen LogP contribution is 2.61. The molecule has 29 heavy (non-hydrogen) atoms. The molecule has 5 rings (SSSR count). The van der Waals surface area contributed by atoms with Gasteiger partial charge in [0, 0.05) is 23.9 Å². The molecule has 0 aromatic heterocycles. The van der Waals surface area contributed by atoms with Crippen LogP contribution in [0.25, 0.3) is 0 Å². The zero-order valence-corrected chi connectivity index (χ0v) is 16.8. The predicted molar refractivity (Wildman–Crippen MR) is 110 cm³/mol. The summed E-state index contributed by atoms with van der Waals surface area (Å²) < 4.78 is 0. The Bertz CT molecular complexity index is 946. The van der Waals surface area contributed by atoms with Crippen LogP contribution in [-0.2, 0) is 23.2 Å². The zero-order chi connectivity index (χ0) is 20.2. The van der Waals surface area contributed by atoms with Crippen LogP contribution in [0.4, 0.5) is 0 Å². The highest BCUT2D eigenvalue weighted by atomic mass is 16.3. The van der Waals surface area contributed by atoms with Gasteiger partial charge in [-0.2, -0.15) is 0 Å². The summed E-state index contributed by atoms with van der Waals surface area (Å²) in [6.45, 7) is 1.39. The van der Waals surface area contributed by atoms with Crippen molar-refractivity contribution in [2.45, 2.75) is 49.3 Å². The topological polar surface area (TPSA) is 72.8 Å². The van der Waals surface area contributed by atoms with Gasteiger partial charge >= 0.3 is 0 Å². The number of carbonyl (C=O) groups excluding carboxylic acids is 1. The van der Waals surface area contributed by atoms with Gasteiger partial charge in [0.2, 0.25) is 5.91 Å². The Hall–Kier alpha value is -2.37. The van der Waals surface area contributed by atoms with Gasteiger partial charge in [0.1, 0.15) is 5.75 Å². The third kappa shape index (κ3) is 2.71. The molecule has 4 atom stereocenters. The first-order valence-electron chi connectivity index (χ1n) is 10.5.